The number of hydroxylamine groups is 1. The van der Waals surface area contributed by atoms with Crippen molar-refractivity contribution in [2.45, 2.75) is 32.9 Å². The summed E-state index contributed by atoms with van der Waals surface area (Å²) in [6.45, 7) is -0.194. The molecule has 0 spiro atoms. The zero-order valence-electron chi connectivity index (χ0n) is 16.5. The minimum absolute atomic E-state index is 0.157. The van der Waals surface area contributed by atoms with Crippen LogP contribution in [0.1, 0.15) is 25.8 Å². The molecule has 0 radical (unpaired) electrons. The van der Waals surface area contributed by atoms with Crippen LogP contribution in [-0.2, 0) is 25.3 Å². The van der Waals surface area contributed by atoms with Crippen molar-refractivity contribution < 1.29 is 28.0 Å². The highest BCUT2D eigenvalue weighted by Crippen LogP contribution is 2.53. The second-order valence-electron chi connectivity index (χ2n) is 6.36. The zero-order valence-corrected chi connectivity index (χ0v) is 18.2. The molecule has 3 atom stereocenters. The second-order valence-corrected chi connectivity index (χ2v) is 8.83. The van der Waals surface area contributed by atoms with E-state index in [1.807, 2.05) is 44.2 Å². The van der Waals surface area contributed by atoms with Gasteiger partial charge in [-0.15, -0.1) is 0 Å². The molecular formula is C20H25ClNO6P. The van der Waals surface area contributed by atoms with Gasteiger partial charge in [-0.25, -0.2) is 9.36 Å². The standard InChI is InChI=1S/C20H25ClNO6P/c1-4-15(2)19(22-26-14-16-8-6-5-7-9-16)20(23)28-29(21,24)27-18-12-10-17(25-3)11-13-18/h5-13,15,19,22H,4,14H2,1-3H3/t15-,19-,29?/m0/s1. The molecular weight excluding hydrogens is 417 g/mol. The first-order valence-electron chi connectivity index (χ1n) is 9.12. The van der Waals surface area contributed by atoms with E-state index in [0.717, 1.165) is 5.56 Å². The molecule has 29 heavy (non-hydrogen) atoms. The van der Waals surface area contributed by atoms with Gasteiger partial charge in [0, 0.05) is 11.2 Å². The van der Waals surface area contributed by atoms with Crippen LogP contribution in [0, 0.1) is 5.92 Å². The molecule has 0 aliphatic carbocycles. The highest BCUT2D eigenvalue weighted by atomic mass is 35.7. The minimum Gasteiger partial charge on any atom is -0.497 e. The molecule has 1 unspecified atom stereocenters. The molecule has 0 saturated carbocycles. The second kappa shape index (κ2) is 11.2. The van der Waals surface area contributed by atoms with E-state index in [9.17, 15) is 9.36 Å². The van der Waals surface area contributed by atoms with Crippen molar-refractivity contribution in [3.05, 3.63) is 60.2 Å². The third-order valence-corrected chi connectivity index (χ3v) is 5.47. The number of benzene rings is 2. The van der Waals surface area contributed by atoms with Crippen LogP contribution in [0.2, 0.25) is 0 Å². The summed E-state index contributed by atoms with van der Waals surface area (Å²) < 4.78 is 27.6. The molecule has 2 aromatic rings. The van der Waals surface area contributed by atoms with Crippen molar-refractivity contribution in [2.75, 3.05) is 7.11 Å². The normalized spacial score (nSPS) is 15.0. The average molecular weight is 442 g/mol. The third-order valence-electron chi connectivity index (χ3n) is 4.23. The van der Waals surface area contributed by atoms with Crippen LogP contribution < -0.4 is 14.7 Å². The molecule has 0 aromatic heterocycles. The molecule has 2 rings (SSSR count). The summed E-state index contributed by atoms with van der Waals surface area (Å²) in [5.74, 6) is -0.198. The Morgan fingerprint density at radius 2 is 1.72 bits per heavy atom. The fourth-order valence-electron chi connectivity index (χ4n) is 2.37. The van der Waals surface area contributed by atoms with Crippen molar-refractivity contribution in [1.29, 1.82) is 0 Å². The Kier molecular flexibility index (Phi) is 8.99. The van der Waals surface area contributed by atoms with Gasteiger partial charge in [-0.05, 0) is 35.7 Å². The van der Waals surface area contributed by atoms with Crippen LogP contribution in [0.4, 0.5) is 0 Å². The average Bonchev–Trinajstić information content (AvgIpc) is 2.71. The van der Waals surface area contributed by atoms with E-state index in [1.54, 1.807) is 12.1 Å². The lowest BCUT2D eigenvalue weighted by Gasteiger charge is -2.23. The van der Waals surface area contributed by atoms with Gasteiger partial charge in [0.2, 0.25) is 0 Å². The van der Waals surface area contributed by atoms with Gasteiger partial charge in [-0.3, -0.25) is 4.84 Å². The minimum atomic E-state index is -4.20. The Hall–Kier alpha value is -2.05. The Morgan fingerprint density at radius 3 is 2.31 bits per heavy atom. The number of hydrogen-bond donors (Lipinski definition) is 1. The monoisotopic (exact) mass is 441 g/mol. The lowest BCUT2D eigenvalue weighted by atomic mass is 10.0. The lowest BCUT2D eigenvalue weighted by Crippen LogP contribution is -2.42. The maximum atomic E-state index is 12.6. The van der Waals surface area contributed by atoms with E-state index in [4.69, 9.17) is 29.9 Å². The SMILES string of the molecule is CC[C@H](C)[C@H](NOCc1ccccc1)C(=O)OP(=O)(Cl)Oc1ccc(OC)cc1. The van der Waals surface area contributed by atoms with Crippen LogP contribution >= 0.6 is 18.2 Å². The number of rotatable bonds is 11. The van der Waals surface area contributed by atoms with E-state index < -0.39 is 19.0 Å². The Balaban J connectivity index is 1.96. The summed E-state index contributed by atoms with van der Waals surface area (Å²) in [5.41, 5.74) is 3.63. The largest absolute Gasteiger partial charge is 0.532 e. The molecule has 9 heteroatoms. The van der Waals surface area contributed by atoms with Gasteiger partial charge >= 0.3 is 12.9 Å². The van der Waals surface area contributed by atoms with Gasteiger partial charge in [-0.1, -0.05) is 50.6 Å². The molecule has 2 aromatic carbocycles. The van der Waals surface area contributed by atoms with Gasteiger partial charge in [-0.2, -0.15) is 5.48 Å². The van der Waals surface area contributed by atoms with Crippen molar-refractivity contribution >= 4 is 24.2 Å². The molecule has 0 saturated heterocycles. The van der Waals surface area contributed by atoms with Crippen LogP contribution in [0.25, 0.3) is 0 Å². The highest BCUT2D eigenvalue weighted by Gasteiger charge is 2.34. The van der Waals surface area contributed by atoms with Gasteiger partial charge in [0.15, 0.2) is 0 Å². The molecule has 0 heterocycles. The topological polar surface area (TPSA) is 83.1 Å². The maximum absolute atomic E-state index is 12.6. The molecule has 0 aliphatic rings. The quantitative estimate of drug-likeness (QED) is 0.383. The first-order chi connectivity index (χ1) is 13.8. The van der Waals surface area contributed by atoms with Crippen LogP contribution in [0.3, 0.4) is 0 Å². The number of carbonyl (C=O) groups is 1. The van der Waals surface area contributed by atoms with E-state index in [2.05, 4.69) is 5.48 Å². The molecule has 0 bridgehead atoms. The smallest absolute Gasteiger partial charge is 0.497 e. The van der Waals surface area contributed by atoms with Crippen molar-refractivity contribution in [3.63, 3.8) is 0 Å². The van der Waals surface area contributed by atoms with Crippen molar-refractivity contribution in [2.24, 2.45) is 5.92 Å². The van der Waals surface area contributed by atoms with E-state index in [-0.39, 0.29) is 18.3 Å². The summed E-state index contributed by atoms with van der Waals surface area (Å²) in [5, 5.41) is 0. The fourth-order valence-corrected chi connectivity index (χ4v) is 3.55. The van der Waals surface area contributed by atoms with Gasteiger partial charge in [0.05, 0.1) is 13.7 Å². The number of halogens is 1. The fraction of sp³-hybridized carbons (Fsp3) is 0.350. The number of ether oxygens (including phenoxy) is 1. The first-order valence-corrected chi connectivity index (χ1v) is 11.6. The highest BCUT2D eigenvalue weighted by molar-refractivity contribution is 7.82. The summed E-state index contributed by atoms with van der Waals surface area (Å²) in [4.78, 5) is 18.0. The van der Waals surface area contributed by atoms with Crippen LogP contribution in [0.15, 0.2) is 54.6 Å². The Morgan fingerprint density at radius 1 is 1.10 bits per heavy atom. The van der Waals surface area contributed by atoms with Crippen molar-refractivity contribution in [3.8, 4) is 11.5 Å². The molecule has 0 fully saturated rings. The van der Waals surface area contributed by atoms with Crippen LogP contribution in [0.5, 0.6) is 11.5 Å². The summed E-state index contributed by atoms with van der Waals surface area (Å²) >= 11 is 5.85. The Bertz CT molecular complexity index is 817. The number of nitrogens with one attached hydrogen (secondary N) is 1. The number of hydrogen-bond acceptors (Lipinski definition) is 7. The lowest BCUT2D eigenvalue weighted by molar-refractivity contribution is -0.144. The maximum Gasteiger partial charge on any atom is 0.532 e. The summed E-state index contributed by atoms with van der Waals surface area (Å²) in [6.07, 6.45) is 0.660. The molecule has 158 valence electrons. The molecule has 0 amide bonds. The molecule has 1 N–H and O–H groups in total. The summed E-state index contributed by atoms with van der Waals surface area (Å²) in [7, 11) is 1.52. The molecule has 7 nitrogen and oxygen atoms in total. The van der Waals surface area contributed by atoms with E-state index in [1.165, 1.54) is 19.2 Å². The zero-order chi connectivity index (χ0) is 21.3. The molecule has 0 aliphatic heterocycles. The number of methoxy groups -OCH3 is 1. The van der Waals surface area contributed by atoms with Crippen molar-refractivity contribution in [1.82, 2.24) is 5.48 Å². The van der Waals surface area contributed by atoms with E-state index in [0.29, 0.717) is 12.2 Å². The first kappa shape index (κ1) is 23.2. The van der Waals surface area contributed by atoms with Gasteiger partial charge in [0.1, 0.15) is 17.5 Å². The third kappa shape index (κ3) is 7.71. The predicted molar refractivity (Wildman–Crippen MR) is 111 cm³/mol. The Labute approximate surface area is 175 Å². The predicted octanol–water partition coefficient (Wildman–Crippen LogP) is 5.10. The summed E-state index contributed by atoms with van der Waals surface area (Å²) in [6, 6.07) is 14.8. The van der Waals surface area contributed by atoms with Gasteiger partial charge in [0.25, 0.3) is 0 Å². The van der Waals surface area contributed by atoms with Gasteiger partial charge < -0.3 is 13.8 Å². The van der Waals surface area contributed by atoms with E-state index >= 15 is 0 Å². The number of carbonyl (C=O) groups excluding carboxylic acids is 1. The van der Waals surface area contributed by atoms with Crippen LogP contribution in [-0.4, -0.2) is 19.1 Å².